The Morgan fingerprint density at radius 2 is 0.952 bits per heavy atom. The number of nitro benzene ring substituents is 1. The molecule has 0 bridgehead atoms. The van der Waals surface area contributed by atoms with E-state index in [4.69, 9.17) is 65.2 Å². The van der Waals surface area contributed by atoms with Crippen LogP contribution in [0.2, 0.25) is 10.0 Å². The molecule has 18 nitrogen and oxygen atoms in total. The fourth-order valence-electron chi connectivity index (χ4n) is 10.6. The molecule has 12 rings (SSSR count). The average Bonchev–Trinajstić information content (AvgIpc) is 2.75. The lowest BCUT2D eigenvalue weighted by atomic mass is 9.93. The molecule has 2 aliphatic carbocycles. The number of fused-ring (bicyclic) bond motifs is 2. The normalized spacial score (nSPS) is 16.4. The van der Waals surface area contributed by atoms with E-state index in [1.807, 2.05) is 78.9 Å². The number of hydrogen-bond donors (Lipinski definition) is 3. The number of nitro groups is 1. The number of aromatic nitrogens is 6. The van der Waals surface area contributed by atoms with Crippen molar-refractivity contribution in [3.8, 4) is 33.9 Å². The van der Waals surface area contributed by atoms with Crippen LogP contribution in [0.3, 0.4) is 0 Å². The summed E-state index contributed by atoms with van der Waals surface area (Å²) in [6.45, 7) is 0.957. The van der Waals surface area contributed by atoms with Crippen LogP contribution in [0.15, 0.2) is 183 Å². The van der Waals surface area contributed by atoms with Gasteiger partial charge in [0.25, 0.3) is 5.69 Å². The fraction of sp³-hybridized carbons (Fsp3) is 0.226. The van der Waals surface area contributed by atoms with Crippen LogP contribution in [-0.4, -0.2) is 75.1 Å². The summed E-state index contributed by atoms with van der Waals surface area (Å²) in [5.41, 5.74) is 16.4. The van der Waals surface area contributed by atoms with E-state index < -0.39 is 23.1 Å². The number of benzene rings is 6. The van der Waals surface area contributed by atoms with Gasteiger partial charge in [-0.1, -0.05) is 120 Å². The topological polar surface area (TPSA) is 241 Å². The van der Waals surface area contributed by atoms with Gasteiger partial charge in [0.1, 0.15) is 0 Å². The average molecular weight is 1210 g/mol. The summed E-state index contributed by atoms with van der Waals surface area (Å²) >= 11 is 11.8. The maximum atomic E-state index is 11.0. The van der Waals surface area contributed by atoms with Crippen molar-refractivity contribution in [2.75, 3.05) is 16.4 Å². The number of anilines is 3. The smallest absolute Gasteiger partial charge is 0.335 e. The summed E-state index contributed by atoms with van der Waals surface area (Å²) in [5.74, 6) is 1.15. The molecule has 6 aromatic carbocycles. The Morgan fingerprint density at radius 3 is 1.38 bits per heavy atom. The molecule has 84 heavy (non-hydrogen) atoms. The van der Waals surface area contributed by atoms with Gasteiger partial charge in [-0.05, 0) is 111 Å². The van der Waals surface area contributed by atoms with Crippen molar-refractivity contribution in [2.45, 2.75) is 88.9 Å². The number of nitrogen functional groups attached to an aromatic ring is 1. The van der Waals surface area contributed by atoms with E-state index in [0.29, 0.717) is 46.9 Å². The second-order valence-electron chi connectivity index (χ2n) is 20.0. The first-order valence-corrected chi connectivity index (χ1v) is 29.2. The van der Waals surface area contributed by atoms with Crippen LogP contribution >= 0.6 is 23.2 Å². The Morgan fingerprint density at radius 1 is 0.548 bits per heavy atom. The number of nitrogens with one attached hydrogen (secondary N) is 2. The van der Waals surface area contributed by atoms with Gasteiger partial charge in [-0.3, -0.25) is 10.1 Å². The lowest BCUT2D eigenvalue weighted by Gasteiger charge is -2.29. The molecule has 2 fully saturated rings. The zero-order chi connectivity index (χ0) is 58.8. The monoisotopic (exact) mass is 1200 g/mol. The van der Waals surface area contributed by atoms with Crippen LogP contribution in [0.25, 0.3) is 55.7 Å². The van der Waals surface area contributed by atoms with Crippen LogP contribution < -0.4 is 16.4 Å². The predicted molar refractivity (Wildman–Crippen MR) is 329 cm³/mol. The van der Waals surface area contributed by atoms with E-state index >= 15 is 0 Å². The molecule has 2 saturated carbocycles. The molecule has 4 heterocycles. The maximum absolute atomic E-state index is 11.0. The lowest BCUT2D eigenvalue weighted by Crippen LogP contribution is -2.30. The second kappa shape index (κ2) is 29.7. The number of rotatable bonds is 15. The highest BCUT2D eigenvalue weighted by Crippen LogP contribution is 2.38. The molecule has 0 unspecified atom stereocenters. The third-order valence-electron chi connectivity index (χ3n) is 14.5. The second-order valence-corrected chi connectivity index (χ2v) is 21.1. The van der Waals surface area contributed by atoms with E-state index in [2.05, 4.69) is 103 Å². The SMILES string of the molecule is Nc1cccc(COC2CCC(Nc3ncc(Cl)c(-c4cn(-c5ccccc5)c5ccccc45)n3)CC2)c1.O=S=O.O=S=O.O=[N+]([O-])c1cccc(COC2CCC(Nc3ncc(Cl)c(-c4cn(-c5ccccc5)c5ccccc45)n3)CC2)c1. The zero-order valence-electron chi connectivity index (χ0n) is 45.2. The molecular formula is C62H58Cl2N10O8S2. The van der Waals surface area contributed by atoms with Crippen LogP contribution in [0.5, 0.6) is 0 Å². The number of para-hydroxylation sites is 4. The van der Waals surface area contributed by atoms with Gasteiger partial charge in [-0.15, -0.1) is 0 Å². The molecule has 0 amide bonds. The van der Waals surface area contributed by atoms with Crippen LogP contribution in [-0.2, 0) is 45.8 Å². The molecule has 10 aromatic rings. The van der Waals surface area contributed by atoms with Crippen molar-refractivity contribution >= 4 is 91.4 Å². The van der Waals surface area contributed by atoms with E-state index in [0.717, 1.165) is 118 Å². The maximum Gasteiger partial charge on any atom is 0.335 e. The van der Waals surface area contributed by atoms with Gasteiger partial charge in [0.05, 0.1) is 75.2 Å². The highest BCUT2D eigenvalue weighted by atomic mass is 35.5. The van der Waals surface area contributed by atoms with Crippen molar-refractivity contribution in [3.63, 3.8) is 0 Å². The fourth-order valence-corrected chi connectivity index (χ4v) is 11.0. The molecule has 430 valence electrons. The predicted octanol–water partition coefficient (Wildman–Crippen LogP) is 13.5. The standard InChI is InChI=1S/C31H28ClN5O3.C31H30ClN5O.2O2S/c32-28-18-33-31(34-22-13-15-25(16-14-22)40-20-21-7-6-10-24(17-21)37(38)39)35-30(28)27-19-36(23-8-2-1-3-9-23)29-12-5-4-11-26(27)29;32-28-18-34-31(35-23-13-15-25(16-14-23)38-20-21-7-6-8-22(33)17-21)36-30(28)27-19-37(24-9-2-1-3-10-24)29-12-5-4-11-26(27)29;2*1-3-2/h1-12,17-19,22,25H,13-16,20H2,(H,33,34,35);1-12,17-19,23,25H,13-16,20,33H2,(H,34,35,36);;. The van der Waals surface area contributed by atoms with E-state index in [1.54, 1.807) is 24.5 Å². The Hall–Kier alpha value is -8.50. The van der Waals surface area contributed by atoms with Gasteiger partial charge in [-0.25, -0.2) is 19.9 Å². The highest BCUT2D eigenvalue weighted by molar-refractivity contribution is 7.52. The zero-order valence-corrected chi connectivity index (χ0v) is 48.4. The van der Waals surface area contributed by atoms with Crippen LogP contribution in [0, 0.1) is 10.1 Å². The Balaban J connectivity index is 0.000000185. The summed E-state index contributed by atoms with van der Waals surface area (Å²) in [7, 11) is 0. The molecule has 4 N–H and O–H groups in total. The summed E-state index contributed by atoms with van der Waals surface area (Å²) in [4.78, 5) is 29.4. The molecule has 0 saturated heterocycles. The minimum atomic E-state index is -0.750. The molecule has 0 radical (unpaired) electrons. The molecule has 0 atom stereocenters. The summed E-state index contributed by atoms with van der Waals surface area (Å²) in [6, 6.07) is 52.1. The van der Waals surface area contributed by atoms with Crippen molar-refractivity contribution < 1.29 is 31.2 Å². The van der Waals surface area contributed by atoms with Crippen molar-refractivity contribution in [3.05, 3.63) is 214 Å². The first-order chi connectivity index (χ1) is 41.0. The summed E-state index contributed by atoms with van der Waals surface area (Å²) < 4.78 is 49.7. The van der Waals surface area contributed by atoms with E-state index in [1.165, 1.54) is 6.07 Å². The number of hydrogen-bond acceptors (Lipinski definition) is 15. The largest absolute Gasteiger partial charge is 0.399 e. The van der Waals surface area contributed by atoms with Crippen LogP contribution in [0.4, 0.5) is 23.3 Å². The number of halogens is 2. The number of non-ortho nitro benzene ring substituents is 1. The quantitative estimate of drug-likeness (QED) is 0.0491. The van der Waals surface area contributed by atoms with Gasteiger partial charge < -0.3 is 35.0 Å². The number of ether oxygens (including phenoxy) is 2. The Bertz CT molecular complexity index is 3890. The third-order valence-corrected chi connectivity index (χ3v) is 15.1. The van der Waals surface area contributed by atoms with E-state index in [9.17, 15) is 10.1 Å². The Labute approximate surface area is 501 Å². The Kier molecular flexibility index (Phi) is 21.2. The lowest BCUT2D eigenvalue weighted by molar-refractivity contribution is -0.385. The number of nitrogens with zero attached hydrogens (tertiary/aromatic N) is 7. The molecular weight excluding hydrogens is 1150 g/mol. The molecule has 2 aliphatic rings. The van der Waals surface area contributed by atoms with Crippen LogP contribution in [0.1, 0.15) is 62.5 Å². The first-order valence-electron chi connectivity index (χ1n) is 27.1. The third kappa shape index (κ3) is 15.6. The summed E-state index contributed by atoms with van der Waals surface area (Å²) in [5, 5.41) is 21.3. The molecule has 0 aliphatic heterocycles. The van der Waals surface area contributed by atoms with Gasteiger partial charge >= 0.3 is 23.1 Å². The van der Waals surface area contributed by atoms with Gasteiger partial charge in [-0.2, -0.15) is 16.8 Å². The molecule has 4 aromatic heterocycles. The van der Waals surface area contributed by atoms with Crippen molar-refractivity contribution in [2.24, 2.45) is 0 Å². The van der Waals surface area contributed by atoms with Gasteiger partial charge in [0.2, 0.25) is 11.9 Å². The number of nitrogens with two attached hydrogens (primary N) is 1. The van der Waals surface area contributed by atoms with Crippen molar-refractivity contribution in [1.82, 2.24) is 29.1 Å². The molecule has 0 spiro atoms. The first kappa shape index (κ1) is 60.1. The van der Waals surface area contributed by atoms with Gasteiger partial charge in [0.15, 0.2) is 0 Å². The highest BCUT2D eigenvalue weighted by Gasteiger charge is 2.26. The minimum absolute atomic E-state index is 0.0842. The minimum Gasteiger partial charge on any atom is -0.399 e. The van der Waals surface area contributed by atoms with Gasteiger partial charge in [0, 0.05) is 75.6 Å². The summed E-state index contributed by atoms with van der Waals surface area (Å²) in [6.07, 6.45) is 15.5. The van der Waals surface area contributed by atoms with Crippen molar-refractivity contribution in [1.29, 1.82) is 0 Å². The molecule has 22 heteroatoms. The van der Waals surface area contributed by atoms with E-state index in [-0.39, 0.29) is 28.9 Å².